The summed E-state index contributed by atoms with van der Waals surface area (Å²) in [6, 6.07) is 0. The van der Waals surface area contributed by atoms with E-state index in [9.17, 15) is 32.2 Å². The number of carbonyl (C=O) groups is 2. The van der Waals surface area contributed by atoms with E-state index in [0.29, 0.717) is 6.42 Å². The molecule has 7 nitrogen and oxygen atoms in total. The summed E-state index contributed by atoms with van der Waals surface area (Å²) in [4.78, 5) is 29.2. The summed E-state index contributed by atoms with van der Waals surface area (Å²) in [5.41, 5.74) is 5.29. The Bertz CT molecular complexity index is 416. The molecule has 5 N–H and O–H groups in total. The molecule has 0 aliphatic heterocycles. The van der Waals surface area contributed by atoms with Gasteiger partial charge in [-0.1, -0.05) is 6.92 Å². The van der Waals surface area contributed by atoms with Crippen LogP contribution in [0.25, 0.3) is 0 Å². The number of nitrogens with two attached hydrogens (primary N) is 1. The Labute approximate surface area is 132 Å². The zero-order valence-electron chi connectivity index (χ0n) is 12.8. The number of hydrogen-bond donors (Lipinski definition) is 4. The molecule has 11 heteroatoms. The Morgan fingerprint density at radius 2 is 1.65 bits per heavy atom. The predicted octanol–water partition coefficient (Wildman–Crippen LogP) is 2.62. The van der Waals surface area contributed by atoms with Gasteiger partial charge in [-0.15, -0.1) is 0 Å². The molecule has 0 heterocycles. The third-order valence-electron chi connectivity index (χ3n) is 2.57. The molecule has 138 valence electrons. The maximum atomic E-state index is 11.8. The predicted molar refractivity (Wildman–Crippen MR) is 77.4 cm³/mol. The maximum Gasteiger partial charge on any atom is 0.389 e. The van der Waals surface area contributed by atoms with E-state index in [-0.39, 0.29) is 12.8 Å². The lowest BCUT2D eigenvalue weighted by molar-refractivity contribution is -0.138. The summed E-state index contributed by atoms with van der Waals surface area (Å²) in [6.45, 7) is 1.84. The highest BCUT2D eigenvalue weighted by molar-refractivity contribution is 7.58. The van der Waals surface area contributed by atoms with Crippen molar-refractivity contribution in [2.45, 2.75) is 57.4 Å². The van der Waals surface area contributed by atoms with Crippen LogP contribution in [0.5, 0.6) is 0 Å². The van der Waals surface area contributed by atoms with Crippen molar-refractivity contribution >= 4 is 19.3 Å². The van der Waals surface area contributed by atoms with Gasteiger partial charge in [0.15, 0.2) is 0 Å². The van der Waals surface area contributed by atoms with Crippen LogP contribution in [0.15, 0.2) is 0 Å². The zero-order valence-corrected chi connectivity index (χ0v) is 13.6. The van der Waals surface area contributed by atoms with Crippen LogP contribution >= 0.6 is 7.37 Å². The van der Waals surface area contributed by atoms with Crippen molar-refractivity contribution in [3.8, 4) is 0 Å². The van der Waals surface area contributed by atoms with Gasteiger partial charge in [-0.3, -0.25) is 14.2 Å². The molecule has 0 aromatic carbocycles. The zero-order chi connectivity index (χ0) is 18.7. The van der Waals surface area contributed by atoms with E-state index in [2.05, 4.69) is 0 Å². The summed E-state index contributed by atoms with van der Waals surface area (Å²) < 4.78 is 46.9. The van der Waals surface area contributed by atoms with E-state index >= 15 is 0 Å². The van der Waals surface area contributed by atoms with Gasteiger partial charge in [-0.05, 0) is 19.3 Å². The van der Waals surface area contributed by atoms with E-state index in [1.807, 2.05) is 6.92 Å². The van der Waals surface area contributed by atoms with Crippen molar-refractivity contribution in [1.29, 1.82) is 0 Å². The number of hydrogen-bond acceptors (Lipinski definition) is 4. The fraction of sp³-hybridized carbons (Fsp3) is 0.833. The van der Waals surface area contributed by atoms with E-state index in [4.69, 9.17) is 15.9 Å². The molecule has 0 bridgehead atoms. The Balaban J connectivity index is 0. The van der Waals surface area contributed by atoms with Gasteiger partial charge in [-0.2, -0.15) is 13.2 Å². The van der Waals surface area contributed by atoms with E-state index in [1.165, 1.54) is 0 Å². The average molecular weight is 365 g/mol. The molecule has 0 saturated carbocycles. The second kappa shape index (κ2) is 11.4. The highest BCUT2D eigenvalue weighted by Gasteiger charge is 2.31. The molecule has 23 heavy (non-hydrogen) atoms. The summed E-state index contributed by atoms with van der Waals surface area (Å²) in [7, 11) is -3.91. The SMILES string of the molecule is CCCC(=O)O.NC(CCC(=O)O)P(=O)(O)CCCC(F)(F)F. The Morgan fingerprint density at radius 1 is 1.17 bits per heavy atom. The molecule has 0 amide bonds. The highest BCUT2D eigenvalue weighted by Crippen LogP contribution is 2.46. The van der Waals surface area contributed by atoms with Crippen molar-refractivity contribution in [2.24, 2.45) is 5.73 Å². The molecular formula is C12H23F3NO6P. The van der Waals surface area contributed by atoms with Gasteiger partial charge < -0.3 is 20.8 Å². The molecule has 2 unspecified atom stereocenters. The summed E-state index contributed by atoms with van der Waals surface area (Å²) in [5.74, 6) is -3.17. The number of alkyl halides is 3. The molecule has 2 atom stereocenters. The third kappa shape index (κ3) is 17.1. The summed E-state index contributed by atoms with van der Waals surface area (Å²) >= 11 is 0. The van der Waals surface area contributed by atoms with Crippen molar-refractivity contribution < 1.29 is 42.4 Å². The first-order chi connectivity index (χ1) is 10.3. The molecule has 0 radical (unpaired) electrons. The first-order valence-corrected chi connectivity index (χ1v) is 8.80. The lowest BCUT2D eigenvalue weighted by Crippen LogP contribution is -2.23. The molecule has 0 aromatic rings. The first-order valence-electron chi connectivity index (χ1n) is 6.89. The topological polar surface area (TPSA) is 138 Å². The minimum Gasteiger partial charge on any atom is -0.481 e. The summed E-state index contributed by atoms with van der Waals surface area (Å²) in [5, 5.41) is 16.2. The lowest BCUT2D eigenvalue weighted by atomic mass is 10.3. The number of aliphatic carboxylic acids is 2. The standard InChI is InChI=1S/C8H15F3NO4P.C4H8O2/c9-8(10,11)4-1-5-17(15,16)6(12)2-3-7(13)14;1-2-3-4(5)6/h6H,1-5,12H2,(H,13,14)(H,15,16);2-3H2,1H3,(H,5,6). The Morgan fingerprint density at radius 3 is 1.96 bits per heavy atom. The van der Waals surface area contributed by atoms with Crippen LogP contribution in [0.3, 0.4) is 0 Å². The molecule has 0 rings (SSSR count). The van der Waals surface area contributed by atoms with E-state index < -0.39 is 50.3 Å². The largest absolute Gasteiger partial charge is 0.481 e. The second-order valence-corrected chi connectivity index (χ2v) is 7.46. The number of carboxylic acids is 2. The van der Waals surface area contributed by atoms with Crippen molar-refractivity contribution in [3.63, 3.8) is 0 Å². The van der Waals surface area contributed by atoms with Crippen LogP contribution in [-0.4, -0.2) is 45.2 Å². The molecule has 0 fully saturated rings. The van der Waals surface area contributed by atoms with Crippen molar-refractivity contribution in [3.05, 3.63) is 0 Å². The maximum absolute atomic E-state index is 11.8. The number of carboxylic acid groups (broad SMARTS) is 2. The van der Waals surface area contributed by atoms with E-state index in [0.717, 1.165) is 6.42 Å². The Hall–Kier alpha value is -1.12. The monoisotopic (exact) mass is 365 g/mol. The normalized spacial score (nSPS) is 15.0. The van der Waals surface area contributed by atoms with Crippen LogP contribution in [-0.2, 0) is 14.2 Å². The molecular weight excluding hydrogens is 342 g/mol. The lowest BCUT2D eigenvalue weighted by Gasteiger charge is -2.18. The molecule has 0 aliphatic carbocycles. The van der Waals surface area contributed by atoms with Crippen LogP contribution in [0.2, 0.25) is 0 Å². The number of rotatable bonds is 9. The van der Waals surface area contributed by atoms with Crippen molar-refractivity contribution in [1.82, 2.24) is 0 Å². The molecule has 0 saturated heterocycles. The smallest absolute Gasteiger partial charge is 0.389 e. The summed E-state index contributed by atoms with van der Waals surface area (Å²) in [6.07, 6.45) is -6.14. The van der Waals surface area contributed by atoms with Gasteiger partial charge in [-0.25, -0.2) is 0 Å². The fourth-order valence-corrected chi connectivity index (χ4v) is 2.83. The van der Waals surface area contributed by atoms with Gasteiger partial charge >= 0.3 is 18.1 Å². The van der Waals surface area contributed by atoms with Crippen LogP contribution in [0.4, 0.5) is 13.2 Å². The van der Waals surface area contributed by atoms with Gasteiger partial charge in [0.25, 0.3) is 0 Å². The third-order valence-corrected chi connectivity index (χ3v) is 4.83. The Kier molecular flexibility index (Phi) is 12.0. The molecule has 0 spiro atoms. The first kappa shape index (κ1) is 24.1. The van der Waals surface area contributed by atoms with Gasteiger partial charge in [0.2, 0.25) is 7.37 Å². The highest BCUT2D eigenvalue weighted by atomic mass is 31.2. The van der Waals surface area contributed by atoms with Gasteiger partial charge in [0.05, 0.1) is 5.78 Å². The van der Waals surface area contributed by atoms with E-state index in [1.54, 1.807) is 0 Å². The van der Waals surface area contributed by atoms with Crippen LogP contribution in [0, 0.1) is 0 Å². The quantitative estimate of drug-likeness (QED) is 0.461. The average Bonchev–Trinajstić information content (AvgIpc) is 2.34. The molecule has 0 aliphatic rings. The van der Waals surface area contributed by atoms with Gasteiger partial charge in [0, 0.05) is 25.4 Å². The fourth-order valence-electron chi connectivity index (χ4n) is 1.36. The van der Waals surface area contributed by atoms with Crippen molar-refractivity contribution in [2.75, 3.05) is 6.16 Å². The minimum atomic E-state index is -4.37. The van der Waals surface area contributed by atoms with Gasteiger partial charge in [0.1, 0.15) is 0 Å². The van der Waals surface area contributed by atoms with Crippen LogP contribution < -0.4 is 5.73 Å². The van der Waals surface area contributed by atoms with Crippen LogP contribution in [0.1, 0.15) is 45.4 Å². The minimum absolute atomic E-state index is 0.227. The number of halogens is 3. The molecule has 0 aromatic heterocycles. The second-order valence-electron chi connectivity index (χ2n) is 4.84.